The Morgan fingerprint density at radius 2 is 1.78 bits per heavy atom. The zero-order valence-electron chi connectivity index (χ0n) is 10.5. The van der Waals surface area contributed by atoms with Crippen LogP contribution < -0.4 is 0 Å². The summed E-state index contributed by atoms with van der Waals surface area (Å²) in [7, 11) is 0. The summed E-state index contributed by atoms with van der Waals surface area (Å²) in [4.78, 5) is 22.2. The predicted molar refractivity (Wildman–Crippen MR) is 59.3 cm³/mol. The van der Waals surface area contributed by atoms with E-state index in [0.717, 1.165) is 12.8 Å². The van der Waals surface area contributed by atoms with Crippen molar-refractivity contribution >= 4 is 11.9 Å². The molecule has 0 heterocycles. The fourth-order valence-corrected chi connectivity index (χ4v) is 2.13. The summed E-state index contributed by atoms with van der Waals surface area (Å²) in [5, 5.41) is 8.50. The predicted octanol–water partition coefficient (Wildman–Crippen LogP) is 2.46. The van der Waals surface area contributed by atoms with E-state index in [-0.39, 0.29) is 5.92 Å². The Kier molecular flexibility index (Phi) is 4.65. The van der Waals surface area contributed by atoms with Crippen molar-refractivity contribution in [3.8, 4) is 0 Å². The lowest BCUT2D eigenvalue weighted by atomic mass is 10.00. The first-order valence-corrected chi connectivity index (χ1v) is 6.08. The van der Waals surface area contributed by atoms with Gasteiger partial charge in [0.05, 0.1) is 5.92 Å². The second kappa shape index (κ2) is 5.63. The number of carboxylic acid groups (broad SMARTS) is 1. The summed E-state index contributed by atoms with van der Waals surface area (Å²) in [6.45, 7) is 2.81. The smallest absolute Gasteiger partial charge is 0.378 e. The van der Waals surface area contributed by atoms with E-state index in [9.17, 15) is 18.4 Å². The Morgan fingerprint density at radius 1 is 1.28 bits per heavy atom. The highest BCUT2D eigenvalue weighted by Crippen LogP contribution is 2.31. The number of carboxylic acids is 1. The van der Waals surface area contributed by atoms with Crippen molar-refractivity contribution < 1.29 is 28.2 Å². The third-order valence-corrected chi connectivity index (χ3v) is 3.18. The molecule has 0 radical (unpaired) electrons. The first-order valence-electron chi connectivity index (χ1n) is 6.08. The molecule has 0 amide bonds. The third kappa shape index (κ3) is 3.17. The molecule has 0 aromatic rings. The van der Waals surface area contributed by atoms with Gasteiger partial charge in [-0.2, -0.15) is 8.78 Å². The van der Waals surface area contributed by atoms with Gasteiger partial charge in [-0.3, -0.25) is 4.79 Å². The van der Waals surface area contributed by atoms with Gasteiger partial charge < -0.3 is 9.84 Å². The molecule has 1 aliphatic rings. The van der Waals surface area contributed by atoms with Gasteiger partial charge in [0.25, 0.3) is 0 Å². The number of hydrogen-bond donors (Lipinski definition) is 1. The van der Waals surface area contributed by atoms with Gasteiger partial charge in [0, 0.05) is 0 Å². The van der Waals surface area contributed by atoms with E-state index < -0.39 is 29.9 Å². The topological polar surface area (TPSA) is 63.6 Å². The first kappa shape index (κ1) is 14.9. The molecule has 4 nitrogen and oxygen atoms in total. The van der Waals surface area contributed by atoms with E-state index >= 15 is 0 Å². The molecule has 0 saturated heterocycles. The average molecular weight is 264 g/mol. The normalized spacial score (nSPS) is 18.9. The highest BCUT2D eigenvalue weighted by Gasteiger charge is 2.52. The molecule has 0 aliphatic heterocycles. The number of halogens is 2. The van der Waals surface area contributed by atoms with Crippen LogP contribution in [0.15, 0.2) is 0 Å². The maximum absolute atomic E-state index is 13.4. The summed E-state index contributed by atoms with van der Waals surface area (Å²) in [6, 6.07) is 0. The molecule has 1 N–H and O–H groups in total. The van der Waals surface area contributed by atoms with Crippen LogP contribution in [0.25, 0.3) is 0 Å². The van der Waals surface area contributed by atoms with Gasteiger partial charge in [-0.05, 0) is 18.8 Å². The molecular weight excluding hydrogens is 246 g/mol. The highest BCUT2D eigenvalue weighted by atomic mass is 19.3. The summed E-state index contributed by atoms with van der Waals surface area (Å²) in [6.07, 6.45) is 1.09. The molecule has 1 atom stereocenters. The van der Waals surface area contributed by atoms with E-state index in [1.165, 1.54) is 13.8 Å². The zero-order valence-corrected chi connectivity index (χ0v) is 10.5. The molecule has 0 aromatic heterocycles. The Bertz CT molecular complexity index is 322. The number of aliphatic carboxylic acids is 1. The zero-order chi connectivity index (χ0) is 13.9. The van der Waals surface area contributed by atoms with Crippen molar-refractivity contribution in [2.24, 2.45) is 11.8 Å². The van der Waals surface area contributed by atoms with Crippen LogP contribution in [-0.2, 0) is 14.3 Å². The highest BCUT2D eigenvalue weighted by molar-refractivity contribution is 5.78. The first-order chi connectivity index (χ1) is 8.26. The molecule has 1 rings (SSSR count). The van der Waals surface area contributed by atoms with Crippen molar-refractivity contribution in [1.29, 1.82) is 0 Å². The number of carbonyl (C=O) groups excluding carboxylic acids is 1. The number of ether oxygens (including phenoxy) is 1. The summed E-state index contributed by atoms with van der Waals surface area (Å²) < 4.78 is 31.6. The molecule has 1 aliphatic carbocycles. The lowest BCUT2D eigenvalue weighted by Crippen LogP contribution is -2.47. The minimum Gasteiger partial charge on any atom is -0.477 e. The standard InChI is InChI=1S/C12H18F2O4/c1-7(2)9(12(13,14)11(16)17)18-10(15)8-5-3-4-6-8/h7-9H,3-6H2,1-2H3,(H,16,17). The summed E-state index contributed by atoms with van der Waals surface area (Å²) >= 11 is 0. The molecule has 1 saturated carbocycles. The lowest BCUT2D eigenvalue weighted by Gasteiger charge is -2.27. The Hall–Kier alpha value is -1.20. The lowest BCUT2D eigenvalue weighted by molar-refractivity contribution is -0.201. The Labute approximate surface area is 104 Å². The van der Waals surface area contributed by atoms with Crippen LogP contribution in [0, 0.1) is 11.8 Å². The number of hydrogen-bond acceptors (Lipinski definition) is 3. The largest absolute Gasteiger partial charge is 0.477 e. The Balaban J connectivity index is 2.74. The Morgan fingerprint density at radius 3 is 2.17 bits per heavy atom. The number of esters is 1. The van der Waals surface area contributed by atoms with Crippen molar-refractivity contribution in [3.63, 3.8) is 0 Å². The van der Waals surface area contributed by atoms with Gasteiger partial charge in [-0.15, -0.1) is 0 Å². The van der Waals surface area contributed by atoms with Crippen LogP contribution in [0.5, 0.6) is 0 Å². The van der Waals surface area contributed by atoms with Crippen LogP contribution in [0.2, 0.25) is 0 Å². The molecular formula is C12H18F2O4. The van der Waals surface area contributed by atoms with Crippen LogP contribution in [0.1, 0.15) is 39.5 Å². The van der Waals surface area contributed by atoms with Gasteiger partial charge in [0.1, 0.15) is 0 Å². The number of carbonyl (C=O) groups is 2. The fraction of sp³-hybridized carbons (Fsp3) is 0.833. The number of alkyl halides is 2. The van der Waals surface area contributed by atoms with E-state index in [1.807, 2.05) is 0 Å². The van der Waals surface area contributed by atoms with Crippen LogP contribution in [-0.4, -0.2) is 29.1 Å². The molecule has 0 spiro atoms. The van der Waals surface area contributed by atoms with Crippen LogP contribution in [0.3, 0.4) is 0 Å². The van der Waals surface area contributed by atoms with Gasteiger partial charge >= 0.3 is 17.9 Å². The van der Waals surface area contributed by atoms with Crippen molar-refractivity contribution in [3.05, 3.63) is 0 Å². The molecule has 6 heteroatoms. The van der Waals surface area contributed by atoms with Crippen molar-refractivity contribution in [2.45, 2.75) is 51.6 Å². The van der Waals surface area contributed by atoms with E-state index in [2.05, 4.69) is 0 Å². The molecule has 104 valence electrons. The second-order valence-electron chi connectivity index (χ2n) is 5.01. The minimum atomic E-state index is -4.05. The second-order valence-corrected chi connectivity index (χ2v) is 5.01. The SMILES string of the molecule is CC(C)C(OC(=O)C1CCCC1)C(F)(F)C(=O)O. The van der Waals surface area contributed by atoms with Crippen molar-refractivity contribution in [2.75, 3.05) is 0 Å². The van der Waals surface area contributed by atoms with Gasteiger partial charge in [-0.25, -0.2) is 4.79 Å². The van der Waals surface area contributed by atoms with Crippen molar-refractivity contribution in [1.82, 2.24) is 0 Å². The van der Waals surface area contributed by atoms with Gasteiger partial charge in [-0.1, -0.05) is 26.7 Å². The molecule has 1 fully saturated rings. The molecule has 0 bridgehead atoms. The molecule has 1 unspecified atom stereocenters. The molecule has 0 aromatic carbocycles. The van der Waals surface area contributed by atoms with E-state index in [1.54, 1.807) is 0 Å². The minimum absolute atomic E-state index is 0.365. The fourth-order valence-electron chi connectivity index (χ4n) is 2.13. The molecule has 18 heavy (non-hydrogen) atoms. The average Bonchev–Trinajstić information content (AvgIpc) is 2.77. The van der Waals surface area contributed by atoms with E-state index in [0.29, 0.717) is 12.8 Å². The monoisotopic (exact) mass is 264 g/mol. The third-order valence-electron chi connectivity index (χ3n) is 3.18. The van der Waals surface area contributed by atoms with Crippen LogP contribution >= 0.6 is 0 Å². The quantitative estimate of drug-likeness (QED) is 0.775. The van der Waals surface area contributed by atoms with Gasteiger partial charge in [0.2, 0.25) is 0 Å². The van der Waals surface area contributed by atoms with Crippen LogP contribution in [0.4, 0.5) is 8.78 Å². The summed E-state index contributed by atoms with van der Waals surface area (Å²) in [5.41, 5.74) is 0. The summed E-state index contributed by atoms with van der Waals surface area (Å²) in [5.74, 6) is -8.15. The van der Waals surface area contributed by atoms with E-state index in [4.69, 9.17) is 9.84 Å². The van der Waals surface area contributed by atoms with Gasteiger partial charge in [0.15, 0.2) is 6.10 Å². The number of rotatable bonds is 5. The maximum atomic E-state index is 13.4. The maximum Gasteiger partial charge on any atom is 0.378 e.